The van der Waals surface area contributed by atoms with Gasteiger partial charge in [-0.05, 0) is 53.1 Å². The molecule has 0 aliphatic rings. The molecule has 2 amide bonds. The van der Waals surface area contributed by atoms with E-state index in [1.54, 1.807) is 24.3 Å². The Hall–Kier alpha value is -4.26. The minimum Gasteiger partial charge on any atom is -0.484 e. The van der Waals surface area contributed by atoms with E-state index < -0.39 is 5.91 Å². The van der Waals surface area contributed by atoms with Crippen molar-refractivity contribution >= 4 is 17.5 Å². The van der Waals surface area contributed by atoms with Gasteiger partial charge in [0.1, 0.15) is 11.5 Å². The topological polar surface area (TPSA) is 103 Å². The number of ether oxygens (including phenoxy) is 2. The Kier molecular flexibility index (Phi) is 7.26. The van der Waals surface area contributed by atoms with E-state index in [-0.39, 0.29) is 19.1 Å². The van der Waals surface area contributed by atoms with Crippen LogP contribution in [0.2, 0.25) is 0 Å². The van der Waals surface area contributed by atoms with Crippen molar-refractivity contribution in [3.63, 3.8) is 0 Å². The molecule has 4 N–H and O–H groups in total. The molecule has 3 rings (SSSR count). The SMILES string of the molecule is C=C(NNC(=O)COc1ccc(-c2ccccc2)cc1)c1ccc(OCC(N)=O)cc1. The summed E-state index contributed by atoms with van der Waals surface area (Å²) in [5, 5.41) is 0. The number of rotatable bonds is 10. The summed E-state index contributed by atoms with van der Waals surface area (Å²) in [7, 11) is 0. The van der Waals surface area contributed by atoms with Crippen LogP contribution in [0.25, 0.3) is 16.8 Å². The number of hydrogen-bond acceptors (Lipinski definition) is 5. The number of benzene rings is 3. The molecule has 158 valence electrons. The molecule has 31 heavy (non-hydrogen) atoms. The molecule has 3 aromatic rings. The minimum absolute atomic E-state index is 0.148. The molecule has 3 aromatic carbocycles. The first-order valence-corrected chi connectivity index (χ1v) is 9.55. The summed E-state index contributed by atoms with van der Waals surface area (Å²) in [6.45, 7) is 3.54. The third-order valence-electron chi connectivity index (χ3n) is 4.27. The van der Waals surface area contributed by atoms with Crippen LogP contribution in [0.4, 0.5) is 0 Å². The summed E-state index contributed by atoms with van der Waals surface area (Å²) in [5.74, 6) is 0.202. The summed E-state index contributed by atoms with van der Waals surface area (Å²) in [4.78, 5) is 22.8. The summed E-state index contributed by atoms with van der Waals surface area (Å²) in [6.07, 6.45) is 0. The van der Waals surface area contributed by atoms with Crippen molar-refractivity contribution in [1.82, 2.24) is 10.9 Å². The van der Waals surface area contributed by atoms with Gasteiger partial charge in [-0.15, -0.1) is 0 Å². The van der Waals surface area contributed by atoms with Gasteiger partial charge < -0.3 is 15.2 Å². The quantitative estimate of drug-likeness (QED) is 0.440. The summed E-state index contributed by atoms with van der Waals surface area (Å²) in [5.41, 5.74) is 13.7. The maximum atomic E-state index is 12.0. The third kappa shape index (κ3) is 6.64. The van der Waals surface area contributed by atoms with Gasteiger partial charge in [0, 0.05) is 0 Å². The average Bonchev–Trinajstić information content (AvgIpc) is 2.81. The van der Waals surface area contributed by atoms with E-state index in [4.69, 9.17) is 15.2 Å². The standard InChI is InChI=1S/C24H23N3O4/c1-17(18-7-11-21(12-8-18)30-15-23(25)28)26-27-24(29)16-31-22-13-9-20(10-14-22)19-5-3-2-4-6-19/h2-14,26H,1,15-16H2,(H2,25,28)(H,27,29). The van der Waals surface area contributed by atoms with Crippen LogP contribution in [0.3, 0.4) is 0 Å². The Bertz CT molecular complexity index is 1030. The summed E-state index contributed by atoms with van der Waals surface area (Å²) in [6, 6.07) is 24.4. The van der Waals surface area contributed by atoms with Gasteiger partial charge in [-0.1, -0.05) is 49.0 Å². The number of amides is 2. The second kappa shape index (κ2) is 10.5. The van der Waals surface area contributed by atoms with Crippen molar-refractivity contribution in [1.29, 1.82) is 0 Å². The van der Waals surface area contributed by atoms with Crippen molar-refractivity contribution in [2.45, 2.75) is 0 Å². The van der Waals surface area contributed by atoms with Gasteiger partial charge in [0.2, 0.25) is 0 Å². The minimum atomic E-state index is -0.549. The van der Waals surface area contributed by atoms with Crippen LogP contribution >= 0.6 is 0 Å². The van der Waals surface area contributed by atoms with Gasteiger partial charge in [0.25, 0.3) is 11.8 Å². The number of carbonyl (C=O) groups excluding carboxylic acids is 2. The lowest BCUT2D eigenvalue weighted by Crippen LogP contribution is -2.38. The fraction of sp³-hybridized carbons (Fsp3) is 0.0833. The molecule has 0 unspecified atom stereocenters. The first-order chi connectivity index (χ1) is 15.0. The number of nitrogens with two attached hydrogens (primary N) is 1. The van der Waals surface area contributed by atoms with E-state index in [2.05, 4.69) is 17.4 Å². The summed E-state index contributed by atoms with van der Waals surface area (Å²) >= 11 is 0. The van der Waals surface area contributed by atoms with Crippen molar-refractivity contribution in [2.75, 3.05) is 13.2 Å². The lowest BCUT2D eigenvalue weighted by Gasteiger charge is -2.12. The molecule has 7 nitrogen and oxygen atoms in total. The molecular formula is C24H23N3O4. The van der Waals surface area contributed by atoms with Crippen LogP contribution in [0.5, 0.6) is 11.5 Å². The maximum Gasteiger partial charge on any atom is 0.276 e. The molecule has 7 heteroatoms. The van der Waals surface area contributed by atoms with Crippen molar-refractivity contribution in [3.8, 4) is 22.6 Å². The van der Waals surface area contributed by atoms with Gasteiger partial charge in [-0.3, -0.25) is 20.4 Å². The predicted octanol–water partition coefficient (Wildman–Crippen LogP) is 2.89. The Morgan fingerprint density at radius 3 is 1.90 bits per heavy atom. The molecule has 0 heterocycles. The highest BCUT2D eigenvalue weighted by Gasteiger charge is 2.06. The fourth-order valence-corrected chi connectivity index (χ4v) is 2.68. The Morgan fingerprint density at radius 1 is 0.742 bits per heavy atom. The number of hydrazine groups is 1. The zero-order valence-corrected chi connectivity index (χ0v) is 16.8. The van der Waals surface area contributed by atoms with Crippen LogP contribution in [-0.4, -0.2) is 25.0 Å². The molecule has 0 aliphatic heterocycles. The Balaban J connectivity index is 1.42. The lowest BCUT2D eigenvalue weighted by atomic mass is 10.1. The molecule has 0 radical (unpaired) electrons. The number of carbonyl (C=O) groups is 2. The van der Waals surface area contributed by atoms with Gasteiger partial charge in [0.05, 0.1) is 5.70 Å². The van der Waals surface area contributed by atoms with E-state index >= 15 is 0 Å². The number of primary amides is 1. The molecular weight excluding hydrogens is 394 g/mol. The summed E-state index contributed by atoms with van der Waals surface area (Å²) < 4.78 is 10.7. The molecule has 0 aliphatic carbocycles. The largest absolute Gasteiger partial charge is 0.484 e. The highest BCUT2D eigenvalue weighted by atomic mass is 16.5. The van der Waals surface area contributed by atoms with Crippen molar-refractivity contribution in [2.24, 2.45) is 5.73 Å². The van der Waals surface area contributed by atoms with E-state index in [1.807, 2.05) is 54.6 Å². The van der Waals surface area contributed by atoms with Crippen LogP contribution < -0.4 is 26.1 Å². The zero-order chi connectivity index (χ0) is 22.1. The first kappa shape index (κ1) is 21.4. The van der Waals surface area contributed by atoms with Crippen molar-refractivity contribution in [3.05, 3.63) is 91.0 Å². The highest BCUT2D eigenvalue weighted by Crippen LogP contribution is 2.22. The molecule has 0 saturated carbocycles. The average molecular weight is 417 g/mol. The third-order valence-corrected chi connectivity index (χ3v) is 4.27. The van der Waals surface area contributed by atoms with Gasteiger partial charge >= 0.3 is 0 Å². The smallest absolute Gasteiger partial charge is 0.276 e. The molecule has 0 fully saturated rings. The molecule has 0 atom stereocenters. The predicted molar refractivity (Wildman–Crippen MR) is 119 cm³/mol. The first-order valence-electron chi connectivity index (χ1n) is 9.55. The molecule has 0 saturated heterocycles. The number of nitrogens with one attached hydrogen (secondary N) is 2. The fourth-order valence-electron chi connectivity index (χ4n) is 2.68. The monoisotopic (exact) mass is 417 g/mol. The Labute approximate surface area is 180 Å². The van der Waals surface area contributed by atoms with Crippen LogP contribution in [0, 0.1) is 0 Å². The second-order valence-electron chi connectivity index (χ2n) is 6.61. The lowest BCUT2D eigenvalue weighted by molar-refractivity contribution is -0.123. The van der Waals surface area contributed by atoms with E-state index in [0.717, 1.165) is 16.7 Å². The van der Waals surface area contributed by atoms with Gasteiger partial charge in [0.15, 0.2) is 13.2 Å². The second-order valence-corrected chi connectivity index (χ2v) is 6.61. The van der Waals surface area contributed by atoms with E-state index in [1.165, 1.54) is 0 Å². The van der Waals surface area contributed by atoms with Crippen molar-refractivity contribution < 1.29 is 19.1 Å². The molecule has 0 spiro atoms. The van der Waals surface area contributed by atoms with Gasteiger partial charge in [-0.2, -0.15) is 0 Å². The van der Waals surface area contributed by atoms with Gasteiger partial charge in [-0.25, -0.2) is 0 Å². The maximum absolute atomic E-state index is 12.0. The van der Waals surface area contributed by atoms with Crippen LogP contribution in [0.1, 0.15) is 5.56 Å². The highest BCUT2D eigenvalue weighted by molar-refractivity contribution is 5.78. The molecule has 0 bridgehead atoms. The van der Waals surface area contributed by atoms with E-state index in [0.29, 0.717) is 17.2 Å². The van der Waals surface area contributed by atoms with E-state index in [9.17, 15) is 9.59 Å². The van der Waals surface area contributed by atoms with Crippen LogP contribution in [0.15, 0.2) is 85.4 Å². The normalized spacial score (nSPS) is 10.1. The Morgan fingerprint density at radius 2 is 1.29 bits per heavy atom. The van der Waals surface area contributed by atoms with Crippen LogP contribution in [-0.2, 0) is 9.59 Å². The zero-order valence-electron chi connectivity index (χ0n) is 16.8. The molecule has 0 aromatic heterocycles. The number of hydrogen-bond donors (Lipinski definition) is 3.